The van der Waals surface area contributed by atoms with Gasteiger partial charge < -0.3 is 10.1 Å². The first-order chi connectivity index (χ1) is 9.15. The standard InChI is InChI=1S/C13H11N3O3/c1-2-7-19-13(18)4-3-12(17)16-11-8-10(9-14)5-6-15-11/h1,5-6,8H,3-4,7H2,(H,15,16,17). The number of amides is 1. The maximum absolute atomic E-state index is 11.5. The number of carbonyl (C=O) groups excluding carboxylic acids is 2. The van der Waals surface area contributed by atoms with Gasteiger partial charge in [-0.25, -0.2) is 4.98 Å². The number of aromatic nitrogens is 1. The summed E-state index contributed by atoms with van der Waals surface area (Å²) in [4.78, 5) is 26.5. The van der Waals surface area contributed by atoms with E-state index in [1.807, 2.05) is 6.07 Å². The first-order valence-electron chi connectivity index (χ1n) is 5.41. The van der Waals surface area contributed by atoms with Crippen LogP contribution in [-0.4, -0.2) is 23.5 Å². The molecule has 1 amide bonds. The molecule has 0 spiro atoms. The van der Waals surface area contributed by atoms with Crippen LogP contribution in [0.2, 0.25) is 0 Å². The van der Waals surface area contributed by atoms with E-state index in [9.17, 15) is 9.59 Å². The number of ether oxygens (including phenoxy) is 1. The van der Waals surface area contributed by atoms with Crippen molar-refractivity contribution in [1.29, 1.82) is 5.26 Å². The second kappa shape index (κ2) is 7.46. The largest absolute Gasteiger partial charge is 0.452 e. The van der Waals surface area contributed by atoms with Gasteiger partial charge in [0.2, 0.25) is 5.91 Å². The molecule has 0 aliphatic heterocycles. The van der Waals surface area contributed by atoms with Crippen molar-refractivity contribution in [2.45, 2.75) is 12.8 Å². The predicted molar refractivity (Wildman–Crippen MR) is 66.6 cm³/mol. The number of terminal acetylenes is 1. The molecule has 19 heavy (non-hydrogen) atoms. The monoisotopic (exact) mass is 257 g/mol. The summed E-state index contributed by atoms with van der Waals surface area (Å²) in [5, 5.41) is 11.2. The van der Waals surface area contributed by atoms with Gasteiger partial charge in [-0.15, -0.1) is 6.42 Å². The molecule has 1 N–H and O–H groups in total. The lowest BCUT2D eigenvalue weighted by atomic mass is 10.2. The van der Waals surface area contributed by atoms with Crippen LogP contribution in [0.25, 0.3) is 0 Å². The van der Waals surface area contributed by atoms with Crippen LogP contribution in [0.4, 0.5) is 5.82 Å². The second-order valence-corrected chi connectivity index (χ2v) is 3.45. The van der Waals surface area contributed by atoms with Crippen molar-refractivity contribution in [2.75, 3.05) is 11.9 Å². The van der Waals surface area contributed by atoms with Crippen LogP contribution in [-0.2, 0) is 14.3 Å². The number of hydrogen-bond donors (Lipinski definition) is 1. The van der Waals surface area contributed by atoms with Gasteiger partial charge in [0.1, 0.15) is 5.82 Å². The number of nitrogens with zero attached hydrogens (tertiary/aromatic N) is 2. The fourth-order valence-corrected chi connectivity index (χ4v) is 1.18. The van der Waals surface area contributed by atoms with Crippen molar-refractivity contribution in [3.8, 4) is 18.4 Å². The van der Waals surface area contributed by atoms with Crippen molar-refractivity contribution < 1.29 is 14.3 Å². The highest BCUT2D eigenvalue weighted by Gasteiger charge is 2.08. The quantitative estimate of drug-likeness (QED) is 0.623. The molecule has 0 aliphatic rings. The van der Waals surface area contributed by atoms with Gasteiger partial charge in [-0.3, -0.25) is 9.59 Å². The molecule has 0 saturated carbocycles. The molecular formula is C13H11N3O3. The predicted octanol–water partition coefficient (Wildman–Crippen LogP) is 0.848. The Morgan fingerprint density at radius 3 is 2.95 bits per heavy atom. The van der Waals surface area contributed by atoms with Crippen LogP contribution in [0.3, 0.4) is 0 Å². The minimum atomic E-state index is -0.535. The van der Waals surface area contributed by atoms with Gasteiger partial charge in [0.25, 0.3) is 0 Å². The van der Waals surface area contributed by atoms with E-state index in [4.69, 9.17) is 11.7 Å². The number of esters is 1. The van der Waals surface area contributed by atoms with Gasteiger partial charge in [0.15, 0.2) is 6.61 Å². The summed E-state index contributed by atoms with van der Waals surface area (Å²) in [6.07, 6.45) is 6.23. The smallest absolute Gasteiger partial charge is 0.307 e. The lowest BCUT2D eigenvalue weighted by Gasteiger charge is -2.04. The number of hydrogen-bond acceptors (Lipinski definition) is 5. The SMILES string of the molecule is C#CCOC(=O)CCC(=O)Nc1cc(C#N)ccn1. The molecule has 6 nitrogen and oxygen atoms in total. The fraction of sp³-hybridized carbons (Fsp3) is 0.231. The Kier molecular flexibility index (Phi) is 5.58. The molecule has 1 aromatic heterocycles. The van der Waals surface area contributed by atoms with Crippen molar-refractivity contribution in [1.82, 2.24) is 4.98 Å². The van der Waals surface area contributed by atoms with E-state index in [-0.39, 0.29) is 31.2 Å². The minimum absolute atomic E-state index is 0.0398. The number of nitriles is 1. The molecule has 0 unspecified atom stereocenters. The first kappa shape index (κ1) is 14.2. The third-order valence-electron chi connectivity index (χ3n) is 2.03. The molecule has 6 heteroatoms. The topological polar surface area (TPSA) is 92.1 Å². The maximum atomic E-state index is 11.5. The second-order valence-electron chi connectivity index (χ2n) is 3.45. The van der Waals surface area contributed by atoms with Crippen molar-refractivity contribution in [3.05, 3.63) is 23.9 Å². The molecule has 1 aromatic rings. The molecule has 1 heterocycles. The first-order valence-corrected chi connectivity index (χ1v) is 5.41. The van der Waals surface area contributed by atoms with Crippen LogP contribution in [0.1, 0.15) is 18.4 Å². The molecular weight excluding hydrogens is 246 g/mol. The molecule has 0 aliphatic carbocycles. The minimum Gasteiger partial charge on any atom is -0.452 e. The van der Waals surface area contributed by atoms with Crippen LogP contribution in [0, 0.1) is 23.7 Å². The van der Waals surface area contributed by atoms with E-state index >= 15 is 0 Å². The Morgan fingerprint density at radius 1 is 1.47 bits per heavy atom. The molecule has 0 saturated heterocycles. The zero-order valence-electron chi connectivity index (χ0n) is 10.0. The lowest BCUT2D eigenvalue weighted by molar-refractivity contribution is -0.143. The Labute approximate surface area is 110 Å². The van der Waals surface area contributed by atoms with Gasteiger partial charge in [0, 0.05) is 12.6 Å². The van der Waals surface area contributed by atoms with Crippen molar-refractivity contribution in [3.63, 3.8) is 0 Å². The zero-order chi connectivity index (χ0) is 14.1. The summed E-state index contributed by atoms with van der Waals surface area (Å²) in [6.45, 7) is -0.105. The number of pyridine rings is 1. The Morgan fingerprint density at radius 2 is 2.26 bits per heavy atom. The Bertz CT molecular complexity index is 555. The van der Waals surface area contributed by atoms with Gasteiger partial charge >= 0.3 is 5.97 Å². The molecule has 0 radical (unpaired) electrons. The Hall–Kier alpha value is -2.86. The van der Waals surface area contributed by atoms with Gasteiger partial charge in [0.05, 0.1) is 18.1 Å². The van der Waals surface area contributed by atoms with Gasteiger partial charge in [-0.05, 0) is 12.1 Å². The summed E-state index contributed by atoms with van der Waals surface area (Å²) in [6, 6.07) is 4.89. The van der Waals surface area contributed by atoms with E-state index in [1.165, 1.54) is 18.3 Å². The normalized spacial score (nSPS) is 8.95. The average Bonchev–Trinajstić information content (AvgIpc) is 2.43. The molecule has 96 valence electrons. The number of nitrogens with one attached hydrogen (secondary N) is 1. The summed E-state index contributed by atoms with van der Waals surface area (Å²) in [5.74, 6) is 1.50. The van der Waals surface area contributed by atoms with E-state index in [0.29, 0.717) is 5.56 Å². The maximum Gasteiger partial charge on any atom is 0.307 e. The van der Waals surface area contributed by atoms with E-state index in [1.54, 1.807) is 0 Å². The number of anilines is 1. The third-order valence-corrected chi connectivity index (χ3v) is 2.03. The highest BCUT2D eigenvalue weighted by Crippen LogP contribution is 2.06. The number of rotatable bonds is 5. The van der Waals surface area contributed by atoms with E-state index in [2.05, 4.69) is 21.0 Å². The summed E-state index contributed by atoms with van der Waals surface area (Å²) < 4.78 is 4.61. The van der Waals surface area contributed by atoms with Crippen LogP contribution >= 0.6 is 0 Å². The molecule has 0 aromatic carbocycles. The summed E-state index contributed by atoms with van der Waals surface area (Å²) in [5.41, 5.74) is 0.388. The van der Waals surface area contributed by atoms with Crippen molar-refractivity contribution >= 4 is 17.7 Å². The van der Waals surface area contributed by atoms with Gasteiger partial charge in [-0.2, -0.15) is 5.26 Å². The Balaban J connectivity index is 2.41. The average molecular weight is 257 g/mol. The molecule has 1 rings (SSSR count). The van der Waals surface area contributed by atoms with E-state index in [0.717, 1.165) is 0 Å². The molecule has 0 fully saturated rings. The van der Waals surface area contributed by atoms with Crippen LogP contribution < -0.4 is 5.32 Å². The summed E-state index contributed by atoms with van der Waals surface area (Å²) >= 11 is 0. The van der Waals surface area contributed by atoms with E-state index < -0.39 is 5.97 Å². The van der Waals surface area contributed by atoms with Crippen LogP contribution in [0.5, 0.6) is 0 Å². The number of carbonyl (C=O) groups is 2. The zero-order valence-corrected chi connectivity index (χ0v) is 10.0. The van der Waals surface area contributed by atoms with Gasteiger partial charge in [-0.1, -0.05) is 5.92 Å². The fourth-order valence-electron chi connectivity index (χ4n) is 1.18. The van der Waals surface area contributed by atoms with Crippen LogP contribution in [0.15, 0.2) is 18.3 Å². The molecule has 0 bridgehead atoms. The third kappa shape index (κ3) is 5.33. The molecule has 0 atom stereocenters. The van der Waals surface area contributed by atoms with Crippen molar-refractivity contribution in [2.24, 2.45) is 0 Å². The lowest BCUT2D eigenvalue weighted by Crippen LogP contribution is -2.15. The highest BCUT2D eigenvalue weighted by molar-refractivity contribution is 5.91. The highest BCUT2D eigenvalue weighted by atomic mass is 16.5. The summed E-state index contributed by atoms with van der Waals surface area (Å²) in [7, 11) is 0.